The standard InChI is InChI=1S/C18H21ClN2O3S/c1-4-21(25(23,24)15-10-8-13(2)9-11-15)12-18(22)20-17-7-5-6-16(19)14(17)3/h5-11H,4,12H2,1-3H3,(H,20,22). The molecular formula is C18H21ClN2O3S. The Morgan fingerprint density at radius 2 is 1.76 bits per heavy atom. The van der Waals surface area contributed by atoms with E-state index in [1.165, 1.54) is 0 Å². The van der Waals surface area contributed by atoms with Crippen LogP contribution in [0.15, 0.2) is 47.4 Å². The van der Waals surface area contributed by atoms with Crippen LogP contribution < -0.4 is 5.32 Å². The Labute approximate surface area is 153 Å². The van der Waals surface area contributed by atoms with E-state index in [2.05, 4.69) is 5.32 Å². The van der Waals surface area contributed by atoms with Crippen LogP contribution in [0.3, 0.4) is 0 Å². The third-order valence-electron chi connectivity index (χ3n) is 3.87. The lowest BCUT2D eigenvalue weighted by Gasteiger charge is -2.20. The van der Waals surface area contributed by atoms with E-state index in [1.807, 2.05) is 6.92 Å². The molecule has 0 aliphatic heterocycles. The van der Waals surface area contributed by atoms with Crippen molar-refractivity contribution in [2.75, 3.05) is 18.4 Å². The predicted molar refractivity (Wildman–Crippen MR) is 100 cm³/mol. The van der Waals surface area contributed by atoms with Crippen molar-refractivity contribution >= 4 is 33.2 Å². The number of likely N-dealkylation sites (N-methyl/N-ethyl adjacent to an activating group) is 1. The van der Waals surface area contributed by atoms with Crippen molar-refractivity contribution in [1.82, 2.24) is 4.31 Å². The van der Waals surface area contributed by atoms with Gasteiger partial charge < -0.3 is 5.32 Å². The predicted octanol–water partition coefficient (Wildman–Crippen LogP) is 3.61. The Balaban J connectivity index is 2.17. The van der Waals surface area contributed by atoms with Gasteiger partial charge >= 0.3 is 0 Å². The van der Waals surface area contributed by atoms with Gasteiger partial charge in [-0.2, -0.15) is 4.31 Å². The first-order valence-corrected chi connectivity index (χ1v) is 9.69. The summed E-state index contributed by atoms with van der Waals surface area (Å²) in [5, 5.41) is 3.26. The van der Waals surface area contributed by atoms with E-state index in [-0.39, 0.29) is 18.0 Å². The van der Waals surface area contributed by atoms with E-state index in [0.29, 0.717) is 10.7 Å². The molecule has 0 aromatic heterocycles. The maximum absolute atomic E-state index is 12.7. The Hall–Kier alpha value is -1.89. The first-order chi connectivity index (χ1) is 11.8. The molecule has 1 amide bonds. The lowest BCUT2D eigenvalue weighted by Crippen LogP contribution is -2.37. The van der Waals surface area contributed by atoms with Crippen LogP contribution in [-0.2, 0) is 14.8 Å². The molecule has 0 spiro atoms. The highest BCUT2D eigenvalue weighted by molar-refractivity contribution is 7.89. The molecule has 0 radical (unpaired) electrons. The summed E-state index contributed by atoms with van der Waals surface area (Å²) in [5.41, 5.74) is 2.28. The van der Waals surface area contributed by atoms with E-state index >= 15 is 0 Å². The fourth-order valence-electron chi connectivity index (χ4n) is 2.32. The molecule has 2 rings (SSSR count). The SMILES string of the molecule is CCN(CC(=O)Nc1cccc(Cl)c1C)S(=O)(=O)c1ccc(C)cc1. The molecule has 0 aliphatic carbocycles. The Morgan fingerprint density at radius 1 is 1.12 bits per heavy atom. The van der Waals surface area contributed by atoms with E-state index in [4.69, 9.17) is 11.6 Å². The molecule has 1 N–H and O–H groups in total. The van der Waals surface area contributed by atoms with Gasteiger partial charge in [-0.1, -0.05) is 42.3 Å². The quantitative estimate of drug-likeness (QED) is 0.832. The average Bonchev–Trinajstić information content (AvgIpc) is 2.57. The van der Waals surface area contributed by atoms with Crippen LogP contribution in [0.25, 0.3) is 0 Å². The summed E-state index contributed by atoms with van der Waals surface area (Å²) in [4.78, 5) is 12.5. The second-order valence-corrected chi connectivity index (χ2v) is 8.05. The van der Waals surface area contributed by atoms with Gasteiger partial charge in [0.05, 0.1) is 11.4 Å². The van der Waals surface area contributed by atoms with Gasteiger partial charge in [-0.05, 0) is 43.7 Å². The third kappa shape index (κ3) is 4.60. The molecule has 7 heteroatoms. The summed E-state index contributed by atoms with van der Waals surface area (Å²) >= 11 is 6.04. The van der Waals surface area contributed by atoms with E-state index in [9.17, 15) is 13.2 Å². The lowest BCUT2D eigenvalue weighted by molar-refractivity contribution is -0.116. The van der Waals surface area contributed by atoms with Gasteiger partial charge in [-0.15, -0.1) is 0 Å². The zero-order valence-corrected chi connectivity index (χ0v) is 16.0. The van der Waals surface area contributed by atoms with Crippen molar-refractivity contribution in [3.05, 3.63) is 58.6 Å². The number of rotatable bonds is 6. The molecule has 2 aromatic rings. The Kier molecular flexibility index (Phi) is 6.21. The molecular weight excluding hydrogens is 360 g/mol. The van der Waals surface area contributed by atoms with Crippen LogP contribution in [0.1, 0.15) is 18.1 Å². The van der Waals surface area contributed by atoms with Gasteiger partial charge in [0, 0.05) is 17.3 Å². The largest absolute Gasteiger partial charge is 0.325 e. The van der Waals surface area contributed by atoms with Gasteiger partial charge in [-0.3, -0.25) is 4.79 Å². The van der Waals surface area contributed by atoms with Gasteiger partial charge in [-0.25, -0.2) is 8.42 Å². The molecule has 0 saturated heterocycles. The highest BCUT2D eigenvalue weighted by Crippen LogP contribution is 2.23. The smallest absolute Gasteiger partial charge is 0.243 e. The number of amides is 1. The van der Waals surface area contributed by atoms with E-state index in [1.54, 1.807) is 56.3 Å². The number of sulfonamides is 1. The fourth-order valence-corrected chi connectivity index (χ4v) is 3.90. The zero-order chi connectivity index (χ0) is 18.6. The van der Waals surface area contributed by atoms with Crippen molar-refractivity contribution in [1.29, 1.82) is 0 Å². The number of nitrogens with zero attached hydrogens (tertiary/aromatic N) is 1. The van der Waals surface area contributed by atoms with Crippen molar-refractivity contribution < 1.29 is 13.2 Å². The minimum absolute atomic E-state index is 0.173. The number of nitrogens with one attached hydrogen (secondary N) is 1. The summed E-state index contributed by atoms with van der Waals surface area (Å²) in [5.74, 6) is -0.414. The number of aryl methyl sites for hydroxylation is 1. The molecule has 0 saturated carbocycles. The number of hydrogen-bond donors (Lipinski definition) is 1. The molecule has 25 heavy (non-hydrogen) atoms. The lowest BCUT2D eigenvalue weighted by atomic mass is 10.2. The summed E-state index contributed by atoms with van der Waals surface area (Å²) in [6.07, 6.45) is 0. The number of hydrogen-bond acceptors (Lipinski definition) is 3. The maximum Gasteiger partial charge on any atom is 0.243 e. The van der Waals surface area contributed by atoms with Gasteiger partial charge in [0.15, 0.2) is 0 Å². The van der Waals surface area contributed by atoms with Crippen LogP contribution >= 0.6 is 11.6 Å². The minimum atomic E-state index is -3.73. The topological polar surface area (TPSA) is 66.5 Å². The van der Waals surface area contributed by atoms with Crippen molar-refractivity contribution in [3.8, 4) is 0 Å². The molecule has 0 unspecified atom stereocenters. The van der Waals surface area contributed by atoms with Crippen molar-refractivity contribution in [2.45, 2.75) is 25.7 Å². The molecule has 0 bridgehead atoms. The normalized spacial score (nSPS) is 11.6. The maximum atomic E-state index is 12.7. The zero-order valence-electron chi connectivity index (χ0n) is 14.4. The van der Waals surface area contributed by atoms with Gasteiger partial charge in [0.1, 0.15) is 0 Å². The van der Waals surface area contributed by atoms with E-state index < -0.39 is 15.9 Å². The monoisotopic (exact) mass is 380 g/mol. The van der Waals surface area contributed by atoms with Crippen LogP contribution in [-0.4, -0.2) is 31.7 Å². The number of halogens is 1. The van der Waals surface area contributed by atoms with Crippen LogP contribution in [0, 0.1) is 13.8 Å². The van der Waals surface area contributed by atoms with Gasteiger partial charge in [0.2, 0.25) is 15.9 Å². The minimum Gasteiger partial charge on any atom is -0.325 e. The number of carbonyl (C=O) groups is 1. The first-order valence-electron chi connectivity index (χ1n) is 7.87. The number of anilines is 1. The number of carbonyl (C=O) groups excluding carboxylic acids is 1. The Bertz CT molecular complexity index is 864. The molecule has 5 nitrogen and oxygen atoms in total. The first kappa shape index (κ1) is 19.4. The Morgan fingerprint density at radius 3 is 2.36 bits per heavy atom. The molecule has 2 aromatic carbocycles. The molecule has 134 valence electrons. The van der Waals surface area contributed by atoms with Crippen LogP contribution in [0.5, 0.6) is 0 Å². The average molecular weight is 381 g/mol. The molecule has 0 fully saturated rings. The third-order valence-corrected chi connectivity index (χ3v) is 6.22. The summed E-state index contributed by atoms with van der Waals surface area (Å²) in [7, 11) is -3.73. The van der Waals surface area contributed by atoms with E-state index in [0.717, 1.165) is 15.4 Å². The number of benzene rings is 2. The summed E-state index contributed by atoms with van der Waals surface area (Å²) in [6, 6.07) is 11.7. The summed E-state index contributed by atoms with van der Waals surface area (Å²) in [6.45, 7) is 5.30. The summed E-state index contributed by atoms with van der Waals surface area (Å²) < 4.78 is 26.6. The fraction of sp³-hybridized carbons (Fsp3) is 0.278. The highest BCUT2D eigenvalue weighted by Gasteiger charge is 2.25. The molecule has 0 atom stereocenters. The highest BCUT2D eigenvalue weighted by atomic mass is 35.5. The second-order valence-electron chi connectivity index (χ2n) is 5.70. The van der Waals surface area contributed by atoms with Crippen LogP contribution in [0.2, 0.25) is 5.02 Å². The molecule has 0 aliphatic rings. The van der Waals surface area contributed by atoms with Crippen LogP contribution in [0.4, 0.5) is 5.69 Å². The van der Waals surface area contributed by atoms with Gasteiger partial charge in [0.25, 0.3) is 0 Å². The second kappa shape index (κ2) is 7.99. The van der Waals surface area contributed by atoms with Crippen molar-refractivity contribution in [2.24, 2.45) is 0 Å². The molecule has 0 heterocycles. The van der Waals surface area contributed by atoms with Crippen molar-refractivity contribution in [3.63, 3.8) is 0 Å².